The number of carbonyl (C=O) groups is 2. The molecule has 2 aromatic carbocycles. The van der Waals surface area contributed by atoms with Crippen molar-refractivity contribution in [3.63, 3.8) is 0 Å². The van der Waals surface area contributed by atoms with Crippen LogP contribution in [0.3, 0.4) is 0 Å². The van der Waals surface area contributed by atoms with Crippen LogP contribution in [0.15, 0.2) is 54.6 Å². The number of aliphatic hydroxyl groups excluding tert-OH is 1. The van der Waals surface area contributed by atoms with E-state index in [-0.39, 0.29) is 47.8 Å². The fourth-order valence-electron chi connectivity index (χ4n) is 3.67. The molecule has 7 heteroatoms. The average molecular weight is 432 g/mol. The molecule has 31 heavy (non-hydrogen) atoms. The van der Waals surface area contributed by atoms with Crippen LogP contribution < -0.4 is 0 Å². The number of fused-ring (bicyclic) bond motifs is 1. The number of aliphatic hydroxyl groups is 1. The van der Waals surface area contributed by atoms with Gasteiger partial charge in [-0.25, -0.2) is 4.39 Å². The van der Waals surface area contributed by atoms with Gasteiger partial charge in [-0.2, -0.15) is 0 Å². The molecule has 0 fully saturated rings. The number of benzene rings is 2. The van der Waals surface area contributed by atoms with Crippen molar-refractivity contribution in [1.82, 2.24) is 4.57 Å². The van der Waals surface area contributed by atoms with E-state index in [1.54, 1.807) is 18.2 Å². The summed E-state index contributed by atoms with van der Waals surface area (Å²) in [5, 5.41) is 19.9. The number of carboxylic acids is 1. The van der Waals surface area contributed by atoms with Crippen LogP contribution in [0.1, 0.15) is 38.4 Å². The van der Waals surface area contributed by atoms with Gasteiger partial charge in [0.15, 0.2) is 0 Å². The van der Waals surface area contributed by atoms with E-state index in [4.69, 9.17) is 5.11 Å². The van der Waals surface area contributed by atoms with Crippen molar-refractivity contribution in [1.29, 1.82) is 0 Å². The van der Waals surface area contributed by atoms with Crippen LogP contribution in [0.4, 0.5) is 4.39 Å². The number of rotatable bonds is 8. The first-order valence-corrected chi connectivity index (χ1v) is 9.76. The van der Waals surface area contributed by atoms with Crippen molar-refractivity contribution in [2.45, 2.75) is 38.8 Å². The van der Waals surface area contributed by atoms with Crippen molar-refractivity contribution in [2.24, 2.45) is 0 Å². The molecule has 0 aliphatic carbocycles. The Morgan fingerprint density at radius 1 is 1.10 bits per heavy atom. The molecule has 1 aromatic heterocycles. The van der Waals surface area contributed by atoms with Crippen molar-refractivity contribution in [3.8, 4) is 11.1 Å². The monoisotopic (exact) mass is 432 g/mol. The van der Waals surface area contributed by atoms with Gasteiger partial charge in [-0.1, -0.05) is 36.4 Å². The van der Waals surface area contributed by atoms with E-state index < -0.39 is 24.3 Å². The van der Waals surface area contributed by atoms with E-state index in [1.165, 1.54) is 18.2 Å². The number of Topliss-reactive ketones (excluding diaryl/α,β-unsaturated/α-hetero) is 1. The van der Waals surface area contributed by atoms with Crippen LogP contribution in [-0.2, 0) is 9.59 Å². The summed E-state index contributed by atoms with van der Waals surface area (Å²) in [7, 11) is 0. The summed E-state index contributed by atoms with van der Waals surface area (Å²) in [5.41, 5.74) is 3.56. The van der Waals surface area contributed by atoms with Crippen LogP contribution >= 0.6 is 0 Å². The summed E-state index contributed by atoms with van der Waals surface area (Å²) in [5.74, 6) is -2.08. The summed E-state index contributed by atoms with van der Waals surface area (Å²) < 4.78 is 15.6. The Morgan fingerprint density at radius 3 is 2.35 bits per heavy atom. The minimum absolute atomic E-state index is 0. The van der Waals surface area contributed by atoms with E-state index >= 15 is 0 Å². The zero-order valence-corrected chi connectivity index (χ0v) is 19.9. The molecule has 2 N–H and O–H groups in total. The van der Waals surface area contributed by atoms with E-state index in [0.717, 1.165) is 27.7 Å². The predicted molar refractivity (Wildman–Crippen MR) is 120 cm³/mol. The second kappa shape index (κ2) is 10.9. The standard InChI is InChI=1S/C24H24FNO4.Na/c1-15(2)26-21-6-4-3-5-20(21)24(16-7-9-17(25)10-8-16)22(26)12-11-18(27)13-19(28)14-23(29)30;/h3-12,15,18,27H,13-14H2,1-2H3,(H,29,30);/b12-11+;. The third-order valence-electron chi connectivity index (χ3n) is 4.86. The third kappa shape index (κ3) is 5.92. The number of halogens is 1. The first-order valence-electron chi connectivity index (χ1n) is 9.76. The largest absolute Gasteiger partial charge is 0.481 e. The average Bonchev–Trinajstić information content (AvgIpc) is 3.00. The van der Waals surface area contributed by atoms with Gasteiger partial charge in [-0.3, -0.25) is 9.59 Å². The maximum Gasteiger partial charge on any atom is 0.310 e. The molecule has 3 rings (SSSR count). The fourth-order valence-corrected chi connectivity index (χ4v) is 3.67. The number of nitrogens with zero attached hydrogens (tertiary/aromatic N) is 1. The molecular formula is C24H24FNNaO4. The second-order valence-electron chi connectivity index (χ2n) is 7.49. The van der Waals surface area contributed by atoms with Gasteiger partial charge in [0.05, 0.1) is 6.10 Å². The van der Waals surface area contributed by atoms with Crippen molar-refractivity contribution in [2.75, 3.05) is 0 Å². The number of aromatic nitrogens is 1. The van der Waals surface area contributed by atoms with Crippen molar-refractivity contribution < 1.29 is 24.2 Å². The summed E-state index contributed by atoms with van der Waals surface area (Å²) in [6, 6.07) is 14.2. The molecule has 0 saturated carbocycles. The Morgan fingerprint density at radius 2 is 1.74 bits per heavy atom. The van der Waals surface area contributed by atoms with Crippen LogP contribution in [0.5, 0.6) is 0 Å². The first kappa shape index (κ1) is 25.0. The minimum atomic E-state index is -1.21. The van der Waals surface area contributed by atoms with E-state index in [0.29, 0.717) is 0 Å². The molecule has 0 saturated heterocycles. The summed E-state index contributed by atoms with van der Waals surface area (Å²) in [6.07, 6.45) is 1.27. The van der Waals surface area contributed by atoms with Crippen LogP contribution in [0, 0.1) is 5.82 Å². The van der Waals surface area contributed by atoms with Gasteiger partial charge in [0.2, 0.25) is 0 Å². The Kier molecular flexibility index (Phi) is 8.77. The van der Waals surface area contributed by atoms with E-state index in [9.17, 15) is 19.1 Å². The van der Waals surface area contributed by atoms with Gasteiger partial charge < -0.3 is 14.8 Å². The molecule has 0 aliphatic heterocycles. The summed E-state index contributed by atoms with van der Waals surface area (Å²) >= 11 is 0. The van der Waals surface area contributed by atoms with Gasteiger partial charge >= 0.3 is 5.97 Å². The number of para-hydroxylation sites is 1. The molecule has 1 unspecified atom stereocenters. The number of hydrogen-bond acceptors (Lipinski definition) is 3. The summed E-state index contributed by atoms with van der Waals surface area (Å²) in [4.78, 5) is 22.4. The quantitative estimate of drug-likeness (QED) is 0.407. The van der Waals surface area contributed by atoms with Gasteiger partial charge in [0, 0.05) is 64.2 Å². The Balaban J connectivity index is 0.00000341. The van der Waals surface area contributed by atoms with Gasteiger partial charge in [-0.15, -0.1) is 0 Å². The molecule has 3 aromatic rings. The first-order chi connectivity index (χ1) is 14.3. The Bertz CT molecular complexity index is 1100. The Hall–Kier alpha value is -2.25. The minimum Gasteiger partial charge on any atom is -0.481 e. The number of carboxylic acid groups (broad SMARTS) is 1. The van der Waals surface area contributed by atoms with E-state index in [2.05, 4.69) is 4.57 Å². The maximum atomic E-state index is 13.5. The van der Waals surface area contributed by atoms with Crippen LogP contribution in [0.25, 0.3) is 28.1 Å². The molecule has 1 heterocycles. The number of aliphatic carboxylic acids is 1. The number of carbonyl (C=O) groups excluding carboxylic acids is 1. The molecular weight excluding hydrogens is 408 g/mol. The number of ketones is 1. The predicted octanol–water partition coefficient (Wildman–Crippen LogP) is 4.46. The van der Waals surface area contributed by atoms with Gasteiger partial charge in [0.1, 0.15) is 18.0 Å². The van der Waals surface area contributed by atoms with Crippen LogP contribution in [-0.4, -0.2) is 62.2 Å². The second-order valence-corrected chi connectivity index (χ2v) is 7.49. The van der Waals surface area contributed by atoms with Gasteiger partial charge in [-0.05, 0) is 43.7 Å². The molecule has 5 nitrogen and oxygen atoms in total. The SMILES string of the molecule is CC(C)n1c(/C=C/C(O)CC(=O)CC(=O)O)c(-c2ccc(F)cc2)c2ccccc21.[Na]. The van der Waals surface area contributed by atoms with Crippen LogP contribution in [0.2, 0.25) is 0 Å². The molecule has 0 aliphatic rings. The topological polar surface area (TPSA) is 79.5 Å². The fraction of sp³-hybridized carbons (Fsp3) is 0.250. The smallest absolute Gasteiger partial charge is 0.310 e. The molecule has 1 radical (unpaired) electrons. The van der Waals surface area contributed by atoms with Crippen molar-refractivity contribution >= 4 is 58.3 Å². The molecule has 157 valence electrons. The normalized spacial score (nSPS) is 12.3. The molecule has 0 amide bonds. The number of hydrogen-bond donors (Lipinski definition) is 2. The third-order valence-corrected chi connectivity index (χ3v) is 4.86. The van der Waals surface area contributed by atoms with Crippen molar-refractivity contribution in [3.05, 3.63) is 66.1 Å². The van der Waals surface area contributed by atoms with E-state index in [1.807, 2.05) is 38.1 Å². The molecule has 0 bridgehead atoms. The maximum absolute atomic E-state index is 13.5. The summed E-state index contributed by atoms with van der Waals surface area (Å²) in [6.45, 7) is 4.09. The molecule has 0 spiro atoms. The Labute approximate surface area is 202 Å². The zero-order valence-electron chi connectivity index (χ0n) is 17.9. The molecule has 1 atom stereocenters. The zero-order chi connectivity index (χ0) is 21.8. The van der Waals surface area contributed by atoms with Gasteiger partial charge in [0.25, 0.3) is 0 Å².